The number of nitrogens with one attached hydrogen (secondary N) is 3. The van der Waals surface area contributed by atoms with Crippen LogP contribution in [0.3, 0.4) is 0 Å². The average molecular weight is 1090 g/mol. The van der Waals surface area contributed by atoms with Gasteiger partial charge in [0.2, 0.25) is 11.9 Å². The predicted molar refractivity (Wildman–Crippen MR) is 329 cm³/mol. The van der Waals surface area contributed by atoms with Crippen LogP contribution >= 0.6 is 11.6 Å². The third kappa shape index (κ3) is 10.3. The van der Waals surface area contributed by atoms with Gasteiger partial charge in [-0.05, 0) is 122 Å². The number of hydrogen-bond donors (Lipinski definition) is 3. The summed E-state index contributed by atoms with van der Waals surface area (Å²) < 4.78 is 5.67. The topological polar surface area (TPSA) is 151 Å². The highest BCUT2D eigenvalue weighted by molar-refractivity contribution is 6.33. The number of allylic oxidation sites excluding steroid dienone is 1. The summed E-state index contributed by atoms with van der Waals surface area (Å²) in [7, 11) is 2.16. The van der Waals surface area contributed by atoms with Crippen molar-refractivity contribution in [1.82, 2.24) is 43.9 Å². The number of nitrogens with zero attached hydrogens (tertiary/aromatic N) is 11. The summed E-state index contributed by atoms with van der Waals surface area (Å²) in [4.78, 5) is 59.9. The number of aromatic amines is 1. The highest BCUT2D eigenvalue weighted by Crippen LogP contribution is 2.35. The number of pyridine rings is 2. The lowest BCUT2D eigenvalue weighted by molar-refractivity contribution is -0.459. The number of anilines is 6. The van der Waals surface area contributed by atoms with Crippen molar-refractivity contribution in [2.45, 2.75) is 26.9 Å². The Hall–Kier alpha value is -8.96. The number of piperazine rings is 2. The molecule has 0 amide bonds. The largest absolute Gasteiger partial charge is 0.369 e. The second kappa shape index (κ2) is 21.9. The normalized spacial score (nSPS) is 15.1. The molecule has 5 aromatic heterocycles. The van der Waals surface area contributed by atoms with E-state index in [1.807, 2.05) is 74.6 Å². The second-order valence-electron chi connectivity index (χ2n) is 21.1. The summed E-state index contributed by atoms with van der Waals surface area (Å²) in [5.74, 6) is 0.868. The first kappa shape index (κ1) is 51.5. The van der Waals surface area contributed by atoms with Crippen LogP contribution in [0.2, 0.25) is 5.02 Å². The number of rotatable bonds is 15. The second-order valence-corrected chi connectivity index (χ2v) is 21.5. The molecule has 17 heteroatoms. The number of halogens is 1. The maximum Gasteiger partial charge on any atom is 0.260 e. The van der Waals surface area contributed by atoms with Crippen LogP contribution in [0.15, 0.2) is 162 Å². The van der Waals surface area contributed by atoms with Gasteiger partial charge in [0.05, 0.1) is 6.54 Å². The molecule has 0 spiro atoms. The molecule has 0 atom stereocenters. The van der Waals surface area contributed by atoms with Crippen molar-refractivity contribution in [3.8, 4) is 33.4 Å². The van der Waals surface area contributed by atoms with Crippen molar-refractivity contribution in [3.05, 3.63) is 183 Å². The summed E-state index contributed by atoms with van der Waals surface area (Å²) in [6, 6.07) is 42.8. The molecule has 3 aliphatic rings. The fourth-order valence-corrected chi connectivity index (χ4v) is 11.7. The van der Waals surface area contributed by atoms with Crippen molar-refractivity contribution in [3.63, 3.8) is 0 Å². The van der Waals surface area contributed by atoms with E-state index in [1.165, 1.54) is 16.9 Å². The quantitative estimate of drug-likeness (QED) is 0.0838. The minimum absolute atomic E-state index is 0.0746. The molecule has 0 radical (unpaired) electrons. The molecule has 3 N–H and O–H groups in total. The van der Waals surface area contributed by atoms with Crippen molar-refractivity contribution < 1.29 is 4.58 Å². The van der Waals surface area contributed by atoms with Gasteiger partial charge in [0.25, 0.3) is 11.1 Å². The van der Waals surface area contributed by atoms with Crippen molar-refractivity contribution >= 4 is 91.0 Å². The van der Waals surface area contributed by atoms with E-state index in [1.54, 1.807) is 21.5 Å². The summed E-state index contributed by atoms with van der Waals surface area (Å²) in [6.07, 6.45) is 9.90. The van der Waals surface area contributed by atoms with Crippen LogP contribution < -0.4 is 31.6 Å². The molecular weight excluding hydrogens is 1030 g/mol. The molecule has 10 aromatic rings. The van der Waals surface area contributed by atoms with Gasteiger partial charge in [-0.2, -0.15) is 9.97 Å². The van der Waals surface area contributed by atoms with E-state index >= 15 is 0 Å². The van der Waals surface area contributed by atoms with Gasteiger partial charge in [0.1, 0.15) is 16.9 Å². The number of benzene rings is 5. The molecule has 3 aliphatic heterocycles. The molecule has 2 saturated heterocycles. The molecule has 2 fully saturated rings. The molecule has 8 heterocycles. The molecule has 0 bridgehead atoms. The third-order valence-electron chi connectivity index (χ3n) is 16.1. The zero-order valence-electron chi connectivity index (χ0n) is 45.6. The zero-order chi connectivity index (χ0) is 55.1. The van der Waals surface area contributed by atoms with E-state index < -0.39 is 0 Å². The Morgan fingerprint density at radius 3 is 1.74 bits per heavy atom. The Labute approximate surface area is 473 Å². The van der Waals surface area contributed by atoms with Crippen LogP contribution in [0, 0.1) is 0 Å². The molecule has 406 valence electrons. The van der Waals surface area contributed by atoms with Crippen molar-refractivity contribution in [2.75, 3.05) is 92.9 Å². The Morgan fingerprint density at radius 1 is 0.593 bits per heavy atom. The van der Waals surface area contributed by atoms with Crippen molar-refractivity contribution in [1.29, 1.82) is 0 Å². The minimum atomic E-state index is -0.159. The lowest BCUT2D eigenvalue weighted by Gasteiger charge is -2.35. The molecule has 0 unspecified atom stereocenters. The van der Waals surface area contributed by atoms with Crippen LogP contribution in [0.1, 0.15) is 19.4 Å². The first-order valence-electron chi connectivity index (χ1n) is 27.9. The van der Waals surface area contributed by atoms with Crippen LogP contribution in [-0.4, -0.2) is 127 Å². The van der Waals surface area contributed by atoms with E-state index in [4.69, 9.17) is 21.6 Å². The Kier molecular flexibility index (Phi) is 13.9. The zero-order valence-corrected chi connectivity index (χ0v) is 46.4. The number of fused-ring (bicyclic) bond motifs is 3. The SMILES string of the molecule is CCn1c(=O)c(-c2ccc(C3=C[N+](CCN4CCN(c5ccc(Nc6ncc7cc(-c8ccc(-c9cccc%10[nH]ccc9%10)cc8Cl)c(=O)n(CC)c7n6)cc5)CC4)=C3)cc2)cc2cnc(Nc3ccc(N4CCN(C)CC4)cc3)nc21. The smallest absolute Gasteiger partial charge is 0.260 e. The lowest BCUT2D eigenvalue weighted by Crippen LogP contribution is -2.48. The Balaban J connectivity index is 0.589. The fraction of sp³-hybridized carbons (Fsp3) is 0.234. The van der Waals surface area contributed by atoms with Gasteiger partial charge in [0, 0.05) is 150 Å². The maximum atomic E-state index is 14.0. The van der Waals surface area contributed by atoms with E-state index in [2.05, 4.69) is 142 Å². The monoisotopic (exact) mass is 1090 g/mol. The number of aromatic nitrogens is 7. The van der Waals surface area contributed by atoms with Crippen molar-refractivity contribution in [2.24, 2.45) is 0 Å². The molecular formula is C64H62ClN14O2+. The number of aryl methyl sites for hydroxylation is 2. The summed E-state index contributed by atoms with van der Waals surface area (Å²) in [6.45, 7) is 14.7. The van der Waals surface area contributed by atoms with Gasteiger partial charge in [-0.1, -0.05) is 60.1 Å². The van der Waals surface area contributed by atoms with Gasteiger partial charge in [-0.25, -0.2) is 14.5 Å². The van der Waals surface area contributed by atoms with Crippen LogP contribution in [0.5, 0.6) is 0 Å². The molecule has 13 rings (SSSR count). The number of hydrogen-bond acceptors (Lipinski definition) is 12. The van der Waals surface area contributed by atoms with Crippen LogP contribution in [0.4, 0.5) is 34.6 Å². The van der Waals surface area contributed by atoms with E-state index in [-0.39, 0.29) is 11.1 Å². The van der Waals surface area contributed by atoms with E-state index in [9.17, 15) is 9.59 Å². The third-order valence-corrected chi connectivity index (χ3v) is 16.4. The Morgan fingerprint density at radius 2 is 1.15 bits per heavy atom. The van der Waals surface area contributed by atoms with Gasteiger partial charge in [-0.3, -0.25) is 23.6 Å². The first-order valence-corrected chi connectivity index (χ1v) is 28.3. The van der Waals surface area contributed by atoms with Crippen LogP contribution in [0.25, 0.3) is 71.9 Å². The van der Waals surface area contributed by atoms with Gasteiger partial charge < -0.3 is 30.3 Å². The van der Waals surface area contributed by atoms with E-state index in [0.717, 1.165) is 121 Å². The van der Waals surface area contributed by atoms with Gasteiger partial charge in [-0.15, -0.1) is 0 Å². The Bertz CT molecular complexity index is 4190. The van der Waals surface area contributed by atoms with Gasteiger partial charge in [0.15, 0.2) is 19.0 Å². The number of H-pyrrole nitrogens is 1. The molecule has 0 aliphatic carbocycles. The fourth-order valence-electron chi connectivity index (χ4n) is 11.4. The van der Waals surface area contributed by atoms with E-state index in [0.29, 0.717) is 58.0 Å². The minimum Gasteiger partial charge on any atom is -0.369 e. The molecule has 5 aromatic carbocycles. The summed E-state index contributed by atoms with van der Waals surface area (Å²) >= 11 is 6.93. The van der Waals surface area contributed by atoms with Crippen LogP contribution in [-0.2, 0) is 13.1 Å². The number of likely N-dealkylation sites (N-methyl/N-ethyl adjacent to an activating group) is 1. The summed E-state index contributed by atoms with van der Waals surface area (Å²) in [5.41, 5.74) is 13.1. The highest BCUT2D eigenvalue weighted by Gasteiger charge is 2.24. The maximum absolute atomic E-state index is 14.0. The average Bonchev–Trinajstić information content (AvgIpc) is 4.13. The molecule has 81 heavy (non-hydrogen) atoms. The predicted octanol–water partition coefficient (Wildman–Crippen LogP) is 10.6. The summed E-state index contributed by atoms with van der Waals surface area (Å²) in [5, 5.41) is 9.87. The molecule has 16 nitrogen and oxygen atoms in total. The standard InChI is InChI=1S/C64H61ClN14O2/c1-4-78-59-45(38-67-63(71-59)69-48-14-18-50(19-15-48)76-31-25-73(3)26-32-76)35-55(61(78)80)43-11-9-42(10-12-43)47-40-75(41-47)28-27-74-29-33-77(34-30-74)51-20-16-49(17-21-51)70-64-68-39-46-36-56(62(81)79(5-2)60(46)72-64)53-22-13-44(37-57(53)65)52-7-6-8-58-54(52)23-24-66-58/h6-24,35-41,66H,4-5,25-34H2,1-3H3,(H-,67,68,69,70,71,72,80,81)/p+1. The highest BCUT2D eigenvalue weighted by atomic mass is 35.5. The first-order chi connectivity index (χ1) is 39.6. The van der Waals surface area contributed by atoms with Gasteiger partial charge >= 0.3 is 0 Å². The lowest BCUT2D eigenvalue weighted by atomic mass is 9.98. The molecule has 0 saturated carbocycles.